The van der Waals surface area contributed by atoms with Crippen molar-refractivity contribution < 1.29 is 8.83 Å². The minimum atomic E-state index is -0.565. The first-order valence-electron chi connectivity index (χ1n) is 20.6. The Hall–Kier alpha value is -7.88. The maximum absolute atomic E-state index is 7.15. The number of anilines is 3. The Morgan fingerprint density at radius 3 is 1.32 bits per heavy atom. The molecule has 3 nitrogen and oxygen atoms in total. The van der Waals surface area contributed by atoms with Crippen molar-refractivity contribution in [2.75, 3.05) is 4.90 Å². The molecule has 0 N–H and O–H groups in total. The number of hydrogen-bond donors (Lipinski definition) is 0. The van der Waals surface area contributed by atoms with Gasteiger partial charge < -0.3 is 13.7 Å². The van der Waals surface area contributed by atoms with E-state index in [1.165, 1.54) is 33.4 Å². The summed E-state index contributed by atoms with van der Waals surface area (Å²) in [6.45, 7) is 0. The van der Waals surface area contributed by atoms with Crippen LogP contribution in [0.4, 0.5) is 17.1 Å². The average Bonchev–Trinajstić information content (AvgIpc) is 4.00. The molecule has 1 aliphatic rings. The van der Waals surface area contributed by atoms with Gasteiger partial charge in [0.25, 0.3) is 0 Å². The van der Waals surface area contributed by atoms with E-state index in [1.807, 2.05) is 0 Å². The number of rotatable bonds is 5. The molecule has 0 unspecified atom stereocenters. The predicted molar refractivity (Wildman–Crippen MR) is 248 cm³/mol. The monoisotopic (exact) mass is 765 g/mol. The van der Waals surface area contributed by atoms with E-state index in [9.17, 15) is 0 Å². The fraction of sp³-hybridized carbons (Fsp3) is 0.0175. The summed E-state index contributed by atoms with van der Waals surface area (Å²) in [6, 6.07) is 76.6. The fourth-order valence-corrected chi connectivity index (χ4v) is 10.4. The van der Waals surface area contributed by atoms with Gasteiger partial charge in [-0.2, -0.15) is 0 Å². The summed E-state index contributed by atoms with van der Waals surface area (Å²) in [5.74, 6) is 0. The van der Waals surface area contributed by atoms with E-state index in [-0.39, 0.29) is 0 Å². The van der Waals surface area contributed by atoms with Crippen LogP contribution < -0.4 is 4.90 Å². The van der Waals surface area contributed by atoms with Crippen molar-refractivity contribution in [2.45, 2.75) is 5.41 Å². The van der Waals surface area contributed by atoms with Gasteiger partial charge in [-0.3, -0.25) is 0 Å². The summed E-state index contributed by atoms with van der Waals surface area (Å²) < 4.78 is 14.3. The third kappa shape index (κ3) is 4.44. The Kier molecular flexibility index (Phi) is 6.93. The molecule has 10 aromatic carbocycles. The molecule has 0 saturated carbocycles. The molecular weight excluding hydrogens is 731 g/mol. The molecule has 0 atom stereocenters. The summed E-state index contributed by atoms with van der Waals surface area (Å²) in [7, 11) is 0. The smallest absolute Gasteiger partial charge is 0.159 e. The van der Waals surface area contributed by atoms with Gasteiger partial charge in [0.1, 0.15) is 11.2 Å². The minimum Gasteiger partial charge on any atom is -0.453 e. The minimum absolute atomic E-state index is 0.565. The van der Waals surface area contributed by atoms with Crippen LogP contribution in [0, 0.1) is 0 Å². The first-order valence-corrected chi connectivity index (χ1v) is 20.6. The predicted octanol–water partition coefficient (Wildman–Crippen LogP) is 15.6. The normalized spacial score (nSPS) is 13.1. The Morgan fingerprint density at radius 1 is 0.300 bits per heavy atom. The number of furan rings is 2. The van der Waals surface area contributed by atoms with Crippen LogP contribution in [-0.2, 0) is 5.41 Å². The molecule has 0 amide bonds. The summed E-state index contributed by atoms with van der Waals surface area (Å²) in [4.78, 5) is 2.40. The third-order valence-electron chi connectivity index (χ3n) is 12.9. The van der Waals surface area contributed by atoms with Crippen LogP contribution in [0.5, 0.6) is 0 Å². The first-order chi connectivity index (χ1) is 29.8. The number of nitrogens with zero attached hydrogens (tertiary/aromatic N) is 1. The highest BCUT2D eigenvalue weighted by molar-refractivity contribution is 6.20. The lowest BCUT2D eigenvalue weighted by molar-refractivity contribution is 0.670. The maximum Gasteiger partial charge on any atom is 0.159 e. The molecule has 13 rings (SSSR count). The van der Waals surface area contributed by atoms with Gasteiger partial charge in [-0.25, -0.2) is 0 Å². The van der Waals surface area contributed by atoms with Gasteiger partial charge in [0.05, 0.1) is 22.5 Å². The van der Waals surface area contributed by atoms with Crippen LogP contribution in [0.15, 0.2) is 221 Å². The summed E-state index contributed by atoms with van der Waals surface area (Å²) in [5.41, 5.74) is 13.1. The van der Waals surface area contributed by atoms with Crippen molar-refractivity contribution in [2.24, 2.45) is 0 Å². The lowest BCUT2D eigenvalue weighted by Gasteiger charge is -2.34. The SMILES string of the molecule is c1ccc(C2(c3ccccc3)c3ccccc3-c3c(N(c4cccc5c4oc4c6ccccc6ccc54)c4cccc5c4oc4c6ccccc6ccc54)cccc32)cc1. The second-order valence-corrected chi connectivity index (χ2v) is 15.9. The van der Waals surface area contributed by atoms with Gasteiger partial charge in [-0.05, 0) is 68.9 Å². The van der Waals surface area contributed by atoms with Crippen LogP contribution in [0.2, 0.25) is 0 Å². The molecule has 0 fully saturated rings. The van der Waals surface area contributed by atoms with Gasteiger partial charge >= 0.3 is 0 Å². The van der Waals surface area contributed by atoms with Crippen molar-refractivity contribution in [1.29, 1.82) is 0 Å². The Morgan fingerprint density at radius 2 is 0.733 bits per heavy atom. The lowest BCUT2D eigenvalue weighted by Crippen LogP contribution is -2.28. The second-order valence-electron chi connectivity index (χ2n) is 15.9. The van der Waals surface area contributed by atoms with Gasteiger partial charge in [-0.15, -0.1) is 0 Å². The molecule has 280 valence electrons. The highest BCUT2D eigenvalue weighted by Gasteiger charge is 2.47. The van der Waals surface area contributed by atoms with Crippen molar-refractivity contribution in [1.82, 2.24) is 0 Å². The molecule has 1 aliphatic carbocycles. The lowest BCUT2D eigenvalue weighted by atomic mass is 9.68. The summed E-state index contributed by atoms with van der Waals surface area (Å²) >= 11 is 0. The molecule has 0 saturated heterocycles. The van der Waals surface area contributed by atoms with Crippen LogP contribution in [0.3, 0.4) is 0 Å². The van der Waals surface area contributed by atoms with E-state index in [0.717, 1.165) is 82.5 Å². The van der Waals surface area contributed by atoms with Gasteiger partial charge in [0.2, 0.25) is 0 Å². The van der Waals surface area contributed by atoms with Crippen LogP contribution in [0.1, 0.15) is 22.3 Å². The van der Waals surface area contributed by atoms with E-state index >= 15 is 0 Å². The molecule has 0 radical (unpaired) electrons. The van der Waals surface area contributed by atoms with Gasteiger partial charge in [0.15, 0.2) is 11.2 Å². The van der Waals surface area contributed by atoms with Crippen LogP contribution in [-0.4, -0.2) is 0 Å². The van der Waals surface area contributed by atoms with Crippen molar-refractivity contribution in [3.63, 3.8) is 0 Å². The molecular formula is C57H35NO2. The van der Waals surface area contributed by atoms with Crippen LogP contribution in [0.25, 0.3) is 76.5 Å². The van der Waals surface area contributed by atoms with E-state index < -0.39 is 5.41 Å². The highest BCUT2D eigenvalue weighted by atomic mass is 16.3. The van der Waals surface area contributed by atoms with Gasteiger partial charge in [-0.1, -0.05) is 182 Å². The first kappa shape index (κ1) is 33.1. The summed E-state index contributed by atoms with van der Waals surface area (Å²) in [6.07, 6.45) is 0. The zero-order chi connectivity index (χ0) is 39.4. The average molecular weight is 766 g/mol. The molecule has 0 bridgehead atoms. The van der Waals surface area contributed by atoms with Crippen molar-refractivity contribution >= 4 is 82.5 Å². The molecule has 3 heteroatoms. The van der Waals surface area contributed by atoms with E-state index in [2.05, 4.69) is 217 Å². The molecule has 60 heavy (non-hydrogen) atoms. The van der Waals surface area contributed by atoms with Gasteiger partial charge in [0, 0.05) is 37.9 Å². The third-order valence-corrected chi connectivity index (χ3v) is 12.9. The summed E-state index contributed by atoms with van der Waals surface area (Å²) in [5, 5.41) is 8.81. The Bertz CT molecular complexity index is 3480. The number of hydrogen-bond acceptors (Lipinski definition) is 3. The molecule has 0 aliphatic heterocycles. The molecule has 2 aromatic heterocycles. The van der Waals surface area contributed by atoms with Crippen molar-refractivity contribution in [3.8, 4) is 11.1 Å². The van der Waals surface area contributed by atoms with Crippen LogP contribution >= 0.6 is 0 Å². The standard InChI is InChI=1S/C57H35NO2/c1-3-18-38(19-4-1)57(39-20-5-2-6-21-39)47-27-12-11-24-46(47)52-48(57)28-15-29-49(52)58(50-30-13-25-42-44-34-32-36-16-7-9-22-40(36)53(44)59-55(42)50)51-31-14-26-43-45-35-33-37-17-8-10-23-41(37)54(45)60-56(43)51/h1-35H. The number of fused-ring (bicyclic) bond motifs is 13. The Labute approximate surface area is 346 Å². The Balaban J connectivity index is 1.18. The zero-order valence-corrected chi connectivity index (χ0v) is 32.5. The number of para-hydroxylation sites is 2. The second kappa shape index (κ2) is 12.6. The molecule has 0 spiro atoms. The topological polar surface area (TPSA) is 29.5 Å². The molecule has 12 aromatic rings. The van der Waals surface area contributed by atoms with E-state index in [0.29, 0.717) is 0 Å². The van der Waals surface area contributed by atoms with Crippen molar-refractivity contribution in [3.05, 3.63) is 235 Å². The zero-order valence-electron chi connectivity index (χ0n) is 32.5. The largest absolute Gasteiger partial charge is 0.453 e. The number of benzene rings is 10. The molecule has 2 heterocycles. The van der Waals surface area contributed by atoms with E-state index in [1.54, 1.807) is 0 Å². The fourth-order valence-electron chi connectivity index (χ4n) is 10.4. The quantitative estimate of drug-likeness (QED) is 0.175. The van der Waals surface area contributed by atoms with E-state index in [4.69, 9.17) is 8.83 Å². The highest BCUT2D eigenvalue weighted by Crippen LogP contribution is 2.60. The maximum atomic E-state index is 7.15.